The van der Waals surface area contributed by atoms with E-state index >= 15 is 0 Å². The SMILES string of the molecule is CC(=O)O[C@@H]1[C@@H](OC(C)=O)[C@H](OC(C)=O)CO[C@H]1n1cc(CNC(=O)[C@]23CCC(C)(C)C[C@H]2C2=CC[C@@H]4[C@@]5(C)CC[C@H](O)C(C)(C)[C@@H]5CC[C@@]4(C)[C@]2(C)CC3)nn1. The summed E-state index contributed by atoms with van der Waals surface area (Å²) < 4.78 is 23.8. The Morgan fingerprint density at radius 1 is 0.860 bits per heavy atom. The number of nitrogens with zero attached hydrogens (tertiary/aromatic N) is 3. The van der Waals surface area contributed by atoms with Crippen LogP contribution in [0.5, 0.6) is 0 Å². The van der Waals surface area contributed by atoms with Crippen LogP contribution in [0, 0.1) is 50.2 Å². The number of fused-ring (bicyclic) bond motifs is 7. The molecule has 2 heterocycles. The van der Waals surface area contributed by atoms with Crippen molar-refractivity contribution in [1.82, 2.24) is 20.3 Å². The molecule has 13 heteroatoms. The first kappa shape index (κ1) is 41.8. The molecular weight excluding hydrogens is 729 g/mol. The number of hydrogen-bond acceptors (Lipinski definition) is 11. The highest BCUT2D eigenvalue weighted by molar-refractivity contribution is 5.84. The third-order valence-electron chi connectivity index (χ3n) is 16.6. The molecule has 6 aliphatic rings. The first-order valence-corrected chi connectivity index (χ1v) is 21.3. The highest BCUT2D eigenvalue weighted by atomic mass is 16.6. The van der Waals surface area contributed by atoms with Crippen LogP contribution in [0.2, 0.25) is 0 Å². The van der Waals surface area contributed by atoms with Gasteiger partial charge in [-0.2, -0.15) is 0 Å². The summed E-state index contributed by atoms with van der Waals surface area (Å²) in [6.45, 7) is 20.6. The summed E-state index contributed by atoms with van der Waals surface area (Å²) in [7, 11) is 0. The van der Waals surface area contributed by atoms with Gasteiger partial charge >= 0.3 is 17.9 Å². The molecule has 7 rings (SSSR count). The van der Waals surface area contributed by atoms with Crippen molar-refractivity contribution in [3.05, 3.63) is 23.5 Å². The van der Waals surface area contributed by atoms with E-state index in [2.05, 4.69) is 70.2 Å². The standard InChI is InChI=1S/C44H66N4O9/c1-25(49)55-31-24-54-37(36(57-27(3)51)35(31)56-26(2)50)48-23-28(46-47-48)22-45-38(53)44-19-17-39(4,5)21-30(44)29-11-12-33-41(8)15-14-34(52)40(6,7)32(41)13-16-43(33,10)42(29,9)18-20-44/h11,23,30-37,52H,12-22,24H2,1-10H3,(H,45,53)/t30-,31+,32-,33+,34-,35-,36+,37+,41-,42+,43+,44-/m0/s1. The molecule has 0 bridgehead atoms. The molecule has 1 aromatic rings. The van der Waals surface area contributed by atoms with Crippen molar-refractivity contribution < 1.29 is 43.2 Å². The summed E-state index contributed by atoms with van der Waals surface area (Å²) in [6.07, 6.45) is 9.36. The van der Waals surface area contributed by atoms with Gasteiger partial charge in [0.05, 0.1) is 30.9 Å². The average Bonchev–Trinajstić information content (AvgIpc) is 3.58. The second-order valence-electron chi connectivity index (χ2n) is 20.6. The van der Waals surface area contributed by atoms with E-state index in [1.807, 2.05) is 0 Å². The maximum atomic E-state index is 14.8. The van der Waals surface area contributed by atoms with Crippen LogP contribution in [0.15, 0.2) is 17.8 Å². The second-order valence-corrected chi connectivity index (χ2v) is 20.6. The Kier molecular flexibility index (Phi) is 10.6. The molecule has 0 unspecified atom stereocenters. The zero-order valence-corrected chi connectivity index (χ0v) is 35.8. The fourth-order valence-electron chi connectivity index (χ4n) is 13.5. The largest absolute Gasteiger partial charge is 0.456 e. The lowest BCUT2D eigenvalue weighted by Gasteiger charge is -2.71. The maximum absolute atomic E-state index is 14.8. The molecule has 1 aliphatic heterocycles. The van der Waals surface area contributed by atoms with Gasteiger partial charge in [-0.25, -0.2) is 4.68 Å². The molecular formula is C44H66N4O9. The highest BCUT2D eigenvalue weighted by Crippen LogP contribution is 2.75. The number of amides is 1. The molecule has 1 saturated heterocycles. The quantitative estimate of drug-likeness (QED) is 0.179. The van der Waals surface area contributed by atoms with Gasteiger partial charge in [-0.3, -0.25) is 19.2 Å². The molecule has 0 radical (unpaired) electrons. The molecule has 12 atom stereocenters. The minimum Gasteiger partial charge on any atom is -0.456 e. The van der Waals surface area contributed by atoms with Crippen molar-refractivity contribution in [2.75, 3.05) is 6.61 Å². The first-order valence-electron chi connectivity index (χ1n) is 21.3. The number of nitrogens with one attached hydrogen (secondary N) is 1. The summed E-state index contributed by atoms with van der Waals surface area (Å²) in [5.74, 6) is -0.699. The Morgan fingerprint density at radius 3 is 2.21 bits per heavy atom. The van der Waals surface area contributed by atoms with E-state index in [-0.39, 0.29) is 58.2 Å². The number of rotatable bonds is 7. The summed E-state index contributed by atoms with van der Waals surface area (Å²) in [5.41, 5.74) is 1.69. The normalized spacial score (nSPS) is 41.8. The lowest BCUT2D eigenvalue weighted by Crippen LogP contribution is -2.65. The molecule has 4 saturated carbocycles. The van der Waals surface area contributed by atoms with Crippen LogP contribution in [0.1, 0.15) is 145 Å². The topological polar surface area (TPSA) is 168 Å². The van der Waals surface area contributed by atoms with Gasteiger partial charge in [0.1, 0.15) is 5.69 Å². The number of aliphatic hydroxyl groups is 1. The van der Waals surface area contributed by atoms with Crippen molar-refractivity contribution in [2.24, 2.45) is 50.2 Å². The van der Waals surface area contributed by atoms with E-state index in [4.69, 9.17) is 18.9 Å². The van der Waals surface area contributed by atoms with Crippen LogP contribution < -0.4 is 5.32 Å². The number of ether oxygens (including phenoxy) is 4. The van der Waals surface area contributed by atoms with Crippen LogP contribution in [0.3, 0.4) is 0 Å². The number of carbonyl (C=O) groups excluding carboxylic acids is 4. The lowest BCUT2D eigenvalue weighted by molar-refractivity contribution is -0.241. The minimum atomic E-state index is -1.19. The van der Waals surface area contributed by atoms with Gasteiger partial charge in [0.15, 0.2) is 24.5 Å². The zero-order chi connectivity index (χ0) is 41.5. The van der Waals surface area contributed by atoms with Gasteiger partial charge in [-0.05, 0) is 109 Å². The van der Waals surface area contributed by atoms with E-state index in [1.165, 1.54) is 31.0 Å². The number of hydrogen-bond donors (Lipinski definition) is 2. The number of carbonyl (C=O) groups is 4. The number of aromatic nitrogens is 3. The minimum absolute atomic E-state index is 0.0223. The van der Waals surface area contributed by atoms with Crippen LogP contribution in [0.4, 0.5) is 0 Å². The van der Waals surface area contributed by atoms with Gasteiger partial charge in [-0.15, -0.1) is 5.10 Å². The fourth-order valence-corrected chi connectivity index (χ4v) is 13.5. The Labute approximate surface area is 337 Å². The van der Waals surface area contributed by atoms with Gasteiger partial charge < -0.3 is 29.4 Å². The molecule has 1 aromatic heterocycles. The third-order valence-corrected chi connectivity index (χ3v) is 16.6. The maximum Gasteiger partial charge on any atom is 0.303 e. The predicted octanol–water partition coefficient (Wildman–Crippen LogP) is 6.38. The van der Waals surface area contributed by atoms with Gasteiger partial charge in [0.2, 0.25) is 5.91 Å². The molecule has 316 valence electrons. The van der Waals surface area contributed by atoms with E-state index in [0.29, 0.717) is 17.5 Å². The highest BCUT2D eigenvalue weighted by Gasteiger charge is 2.69. The number of esters is 3. The third kappa shape index (κ3) is 6.84. The molecule has 57 heavy (non-hydrogen) atoms. The van der Waals surface area contributed by atoms with Crippen LogP contribution >= 0.6 is 0 Å². The second kappa shape index (κ2) is 14.4. The summed E-state index contributed by atoms with van der Waals surface area (Å²) in [4.78, 5) is 50.9. The predicted molar refractivity (Wildman–Crippen MR) is 209 cm³/mol. The number of aliphatic hydroxyl groups excluding tert-OH is 1. The summed E-state index contributed by atoms with van der Waals surface area (Å²) in [6, 6.07) is 0. The molecule has 1 amide bonds. The molecule has 5 fully saturated rings. The number of allylic oxidation sites excluding steroid dienone is 2. The fraction of sp³-hybridized carbons (Fsp3) is 0.818. The monoisotopic (exact) mass is 794 g/mol. The average molecular weight is 795 g/mol. The molecule has 0 aromatic carbocycles. The van der Waals surface area contributed by atoms with E-state index < -0.39 is 47.9 Å². The smallest absolute Gasteiger partial charge is 0.303 e. The van der Waals surface area contributed by atoms with Crippen molar-refractivity contribution >= 4 is 23.8 Å². The molecule has 5 aliphatic carbocycles. The molecule has 13 nitrogen and oxygen atoms in total. The Bertz CT molecular complexity index is 1810. The van der Waals surface area contributed by atoms with E-state index in [9.17, 15) is 24.3 Å². The van der Waals surface area contributed by atoms with Crippen LogP contribution in [-0.2, 0) is 44.7 Å². The van der Waals surface area contributed by atoms with Crippen molar-refractivity contribution in [3.63, 3.8) is 0 Å². The van der Waals surface area contributed by atoms with Gasteiger partial charge in [0, 0.05) is 20.8 Å². The Morgan fingerprint density at radius 2 is 1.53 bits per heavy atom. The summed E-state index contributed by atoms with van der Waals surface area (Å²) >= 11 is 0. The van der Waals surface area contributed by atoms with Crippen LogP contribution in [-0.4, -0.2) is 74.9 Å². The zero-order valence-electron chi connectivity index (χ0n) is 35.8. The molecule has 2 N–H and O–H groups in total. The first-order chi connectivity index (χ1) is 26.6. The van der Waals surface area contributed by atoms with Gasteiger partial charge in [0.25, 0.3) is 0 Å². The van der Waals surface area contributed by atoms with Gasteiger partial charge in [-0.1, -0.05) is 65.3 Å². The van der Waals surface area contributed by atoms with Crippen molar-refractivity contribution in [3.8, 4) is 0 Å². The van der Waals surface area contributed by atoms with Crippen molar-refractivity contribution in [2.45, 2.75) is 171 Å². The van der Waals surface area contributed by atoms with E-state index in [0.717, 1.165) is 64.2 Å². The summed E-state index contributed by atoms with van der Waals surface area (Å²) in [5, 5.41) is 23.0. The molecule has 0 spiro atoms. The van der Waals surface area contributed by atoms with Crippen LogP contribution in [0.25, 0.3) is 0 Å². The van der Waals surface area contributed by atoms with E-state index in [1.54, 1.807) is 6.20 Å². The Balaban J connectivity index is 1.12. The Hall–Kier alpha value is -3.32. The lowest BCUT2D eigenvalue weighted by atomic mass is 9.33. The van der Waals surface area contributed by atoms with Crippen molar-refractivity contribution in [1.29, 1.82) is 0 Å².